The molecule has 1 aromatic heterocycles. The van der Waals surface area contributed by atoms with Crippen LogP contribution in [0, 0.1) is 0 Å². The Hall–Kier alpha value is -1.37. The van der Waals surface area contributed by atoms with Crippen LogP contribution < -0.4 is 0 Å². The number of hydrogen-bond acceptors (Lipinski definition) is 1. The van der Waals surface area contributed by atoms with Crippen molar-refractivity contribution in [3.05, 3.63) is 39.1 Å². The molecule has 0 spiro atoms. The van der Waals surface area contributed by atoms with E-state index in [1.54, 1.807) is 22.3 Å². The molecule has 1 heterocycles. The first-order valence-corrected chi connectivity index (χ1v) is 10.1. The van der Waals surface area contributed by atoms with Crippen LogP contribution >= 0.6 is 0 Å². The zero-order valence-electron chi connectivity index (χ0n) is 16.9. The Morgan fingerprint density at radius 2 is 0.875 bits per heavy atom. The summed E-state index contributed by atoms with van der Waals surface area (Å²) >= 11 is 0. The van der Waals surface area contributed by atoms with Crippen LogP contribution in [-0.2, 0) is 44.9 Å². The summed E-state index contributed by atoms with van der Waals surface area (Å²) in [5.74, 6) is 0. The van der Waals surface area contributed by atoms with E-state index in [1.165, 1.54) is 27.7 Å². The van der Waals surface area contributed by atoms with E-state index in [1.807, 2.05) is 0 Å². The van der Waals surface area contributed by atoms with E-state index in [0.717, 1.165) is 44.9 Å². The lowest BCUT2D eigenvalue weighted by atomic mass is 9.83. The van der Waals surface area contributed by atoms with Crippen molar-refractivity contribution >= 4 is 10.9 Å². The Bertz CT molecular complexity index is 715. The van der Waals surface area contributed by atoms with Crippen molar-refractivity contribution in [3.63, 3.8) is 0 Å². The van der Waals surface area contributed by atoms with Gasteiger partial charge in [-0.2, -0.15) is 0 Å². The van der Waals surface area contributed by atoms with Gasteiger partial charge in [0.05, 0.1) is 5.52 Å². The summed E-state index contributed by atoms with van der Waals surface area (Å²) in [4.78, 5) is 5.24. The standard InChI is InChI=1S/C23H35N/c1-8-15-16(9-2)20(13-6)23-22(18(15)11-4)19(12-5)17(10-3)21(14-7)24-23/h8-14H2,1-7H3. The monoisotopic (exact) mass is 325 g/mol. The number of benzene rings is 1. The lowest BCUT2D eigenvalue weighted by molar-refractivity contribution is 0.919. The van der Waals surface area contributed by atoms with Crippen molar-refractivity contribution in [2.75, 3.05) is 0 Å². The van der Waals surface area contributed by atoms with Gasteiger partial charge in [-0.1, -0.05) is 48.5 Å². The number of aryl methyl sites for hydroxylation is 4. The predicted octanol–water partition coefficient (Wildman–Crippen LogP) is 6.17. The first-order chi connectivity index (χ1) is 11.6. The normalized spacial score (nSPS) is 11.5. The van der Waals surface area contributed by atoms with E-state index in [-0.39, 0.29) is 0 Å². The molecule has 0 amide bonds. The fourth-order valence-corrected chi connectivity index (χ4v) is 4.65. The Morgan fingerprint density at radius 1 is 0.458 bits per heavy atom. The highest BCUT2D eigenvalue weighted by atomic mass is 14.7. The third-order valence-corrected chi connectivity index (χ3v) is 5.63. The number of rotatable bonds is 7. The van der Waals surface area contributed by atoms with Crippen molar-refractivity contribution in [1.29, 1.82) is 0 Å². The second kappa shape index (κ2) is 8.14. The average Bonchev–Trinajstić information content (AvgIpc) is 2.63. The largest absolute Gasteiger partial charge is 0.252 e. The van der Waals surface area contributed by atoms with Crippen LogP contribution in [0.15, 0.2) is 0 Å². The molecule has 0 saturated carbocycles. The van der Waals surface area contributed by atoms with E-state index in [9.17, 15) is 0 Å². The number of aromatic nitrogens is 1. The van der Waals surface area contributed by atoms with E-state index < -0.39 is 0 Å². The molecule has 0 aliphatic rings. The summed E-state index contributed by atoms with van der Waals surface area (Å²) in [6.45, 7) is 16.1. The topological polar surface area (TPSA) is 12.9 Å². The summed E-state index contributed by atoms with van der Waals surface area (Å²) in [5.41, 5.74) is 12.0. The maximum absolute atomic E-state index is 5.24. The van der Waals surface area contributed by atoms with Gasteiger partial charge in [0.2, 0.25) is 0 Å². The van der Waals surface area contributed by atoms with E-state index in [0.29, 0.717) is 0 Å². The van der Waals surface area contributed by atoms with Gasteiger partial charge in [0.25, 0.3) is 0 Å². The summed E-state index contributed by atoms with van der Waals surface area (Å²) in [6.07, 6.45) is 7.69. The molecule has 0 aliphatic carbocycles. The summed E-state index contributed by atoms with van der Waals surface area (Å²) < 4.78 is 0. The second-order valence-corrected chi connectivity index (χ2v) is 6.63. The van der Waals surface area contributed by atoms with Crippen LogP contribution in [0.4, 0.5) is 0 Å². The molecule has 24 heavy (non-hydrogen) atoms. The highest BCUT2D eigenvalue weighted by Gasteiger charge is 2.21. The molecule has 2 rings (SSSR count). The number of fused-ring (bicyclic) bond motifs is 1. The first-order valence-electron chi connectivity index (χ1n) is 10.1. The fraction of sp³-hybridized carbons (Fsp3) is 0.609. The Labute approximate surface area is 148 Å². The molecule has 132 valence electrons. The Morgan fingerprint density at radius 3 is 1.29 bits per heavy atom. The second-order valence-electron chi connectivity index (χ2n) is 6.63. The molecule has 2 aromatic rings. The van der Waals surface area contributed by atoms with E-state index >= 15 is 0 Å². The van der Waals surface area contributed by atoms with Gasteiger partial charge in [0, 0.05) is 11.1 Å². The highest BCUT2D eigenvalue weighted by Crippen LogP contribution is 2.36. The number of pyridine rings is 1. The first kappa shape index (κ1) is 19.0. The minimum Gasteiger partial charge on any atom is -0.252 e. The fourth-order valence-electron chi connectivity index (χ4n) is 4.65. The molecule has 0 fully saturated rings. The quantitative estimate of drug-likeness (QED) is 0.593. The van der Waals surface area contributed by atoms with Crippen molar-refractivity contribution < 1.29 is 0 Å². The van der Waals surface area contributed by atoms with Gasteiger partial charge in [0.15, 0.2) is 0 Å². The molecule has 1 nitrogen and oxygen atoms in total. The van der Waals surface area contributed by atoms with Crippen LogP contribution in [-0.4, -0.2) is 4.98 Å². The predicted molar refractivity (Wildman–Crippen MR) is 107 cm³/mol. The zero-order chi connectivity index (χ0) is 17.9. The molecule has 1 heteroatoms. The third-order valence-electron chi connectivity index (χ3n) is 5.63. The molecule has 1 aromatic carbocycles. The van der Waals surface area contributed by atoms with Gasteiger partial charge in [0.1, 0.15) is 0 Å². The van der Waals surface area contributed by atoms with Crippen molar-refractivity contribution in [2.24, 2.45) is 0 Å². The number of hydrogen-bond donors (Lipinski definition) is 0. The van der Waals surface area contributed by atoms with Crippen molar-refractivity contribution in [3.8, 4) is 0 Å². The summed E-state index contributed by atoms with van der Waals surface area (Å²) in [5, 5.41) is 1.50. The molecule has 0 atom stereocenters. The third kappa shape index (κ3) is 2.87. The maximum atomic E-state index is 5.24. The smallest absolute Gasteiger partial charge is 0.0745 e. The van der Waals surface area contributed by atoms with Crippen molar-refractivity contribution in [1.82, 2.24) is 4.98 Å². The van der Waals surface area contributed by atoms with Crippen LogP contribution in [0.5, 0.6) is 0 Å². The highest BCUT2D eigenvalue weighted by molar-refractivity contribution is 5.92. The molecular formula is C23H35N. The van der Waals surface area contributed by atoms with Crippen molar-refractivity contribution in [2.45, 2.75) is 93.4 Å². The van der Waals surface area contributed by atoms with E-state index in [2.05, 4.69) is 48.5 Å². The molecule has 0 aliphatic heterocycles. The van der Waals surface area contributed by atoms with Crippen LogP contribution in [0.25, 0.3) is 10.9 Å². The Kier molecular flexibility index (Phi) is 6.43. The van der Waals surface area contributed by atoms with Crippen LogP contribution in [0.2, 0.25) is 0 Å². The zero-order valence-corrected chi connectivity index (χ0v) is 16.9. The molecule has 0 saturated heterocycles. The van der Waals surface area contributed by atoms with Gasteiger partial charge in [-0.25, -0.2) is 0 Å². The van der Waals surface area contributed by atoms with E-state index in [4.69, 9.17) is 4.98 Å². The maximum Gasteiger partial charge on any atom is 0.0745 e. The molecular weight excluding hydrogens is 290 g/mol. The molecule has 0 radical (unpaired) electrons. The SMILES string of the molecule is CCc1nc2c(CC)c(CC)c(CC)c(CC)c2c(CC)c1CC. The minimum absolute atomic E-state index is 1.04. The average molecular weight is 326 g/mol. The lowest BCUT2D eigenvalue weighted by Crippen LogP contribution is -2.11. The molecule has 0 N–H and O–H groups in total. The number of nitrogens with zero attached hydrogens (tertiary/aromatic N) is 1. The van der Waals surface area contributed by atoms with Gasteiger partial charge >= 0.3 is 0 Å². The minimum atomic E-state index is 1.04. The van der Waals surface area contributed by atoms with Gasteiger partial charge < -0.3 is 0 Å². The lowest BCUT2D eigenvalue weighted by Gasteiger charge is -2.24. The van der Waals surface area contributed by atoms with Gasteiger partial charge in [-0.15, -0.1) is 0 Å². The molecule has 0 unspecified atom stereocenters. The van der Waals surface area contributed by atoms with Gasteiger partial charge in [-0.05, 0) is 78.3 Å². The van der Waals surface area contributed by atoms with Crippen LogP contribution in [0.3, 0.4) is 0 Å². The van der Waals surface area contributed by atoms with Gasteiger partial charge in [-0.3, -0.25) is 4.98 Å². The Balaban J connectivity index is 3.14. The van der Waals surface area contributed by atoms with Crippen LogP contribution in [0.1, 0.15) is 87.5 Å². The summed E-state index contributed by atoms with van der Waals surface area (Å²) in [6, 6.07) is 0. The molecule has 0 bridgehead atoms. The summed E-state index contributed by atoms with van der Waals surface area (Å²) in [7, 11) is 0.